The molecule has 1 fully saturated rings. The molecule has 0 saturated carbocycles. The van der Waals surface area contributed by atoms with Gasteiger partial charge in [-0.05, 0) is 29.8 Å². The number of aliphatic imine (C=N–C) groups is 1. The second-order valence-corrected chi connectivity index (χ2v) is 6.73. The highest BCUT2D eigenvalue weighted by atomic mass is 19.4. The third kappa shape index (κ3) is 4.50. The summed E-state index contributed by atoms with van der Waals surface area (Å²) in [6.45, 7) is 2.27. The highest BCUT2D eigenvalue weighted by Crippen LogP contribution is 2.29. The molecule has 156 valence electrons. The van der Waals surface area contributed by atoms with E-state index in [1.54, 1.807) is 0 Å². The van der Waals surface area contributed by atoms with Gasteiger partial charge in [0.2, 0.25) is 0 Å². The summed E-state index contributed by atoms with van der Waals surface area (Å²) in [5, 5.41) is 7.33. The van der Waals surface area contributed by atoms with Crippen LogP contribution in [-0.2, 0) is 10.9 Å². The van der Waals surface area contributed by atoms with Crippen LogP contribution in [0.5, 0.6) is 0 Å². The Bertz CT molecular complexity index is 1040. The monoisotopic (exact) mass is 416 g/mol. The normalized spacial score (nSPS) is 17.8. The van der Waals surface area contributed by atoms with E-state index >= 15 is 0 Å². The van der Waals surface area contributed by atoms with Gasteiger partial charge in [0.05, 0.1) is 35.7 Å². The highest BCUT2D eigenvalue weighted by molar-refractivity contribution is 5.98. The summed E-state index contributed by atoms with van der Waals surface area (Å²) in [7, 11) is 0. The zero-order valence-corrected chi connectivity index (χ0v) is 15.8. The number of rotatable bonds is 4. The number of amidine groups is 1. The summed E-state index contributed by atoms with van der Waals surface area (Å²) in [6, 6.07) is 9.35. The van der Waals surface area contributed by atoms with Crippen molar-refractivity contribution in [3.8, 4) is 5.82 Å². The van der Waals surface area contributed by atoms with Gasteiger partial charge in [-0.3, -0.25) is 0 Å². The zero-order chi connectivity index (χ0) is 21.1. The van der Waals surface area contributed by atoms with Crippen LogP contribution in [0.15, 0.2) is 60.0 Å². The van der Waals surface area contributed by atoms with Gasteiger partial charge in [-0.1, -0.05) is 12.1 Å². The molecule has 30 heavy (non-hydrogen) atoms. The van der Waals surface area contributed by atoms with Gasteiger partial charge >= 0.3 is 6.18 Å². The lowest BCUT2D eigenvalue weighted by Crippen LogP contribution is -2.33. The van der Waals surface area contributed by atoms with E-state index < -0.39 is 11.7 Å². The Kier molecular flexibility index (Phi) is 5.51. The minimum absolute atomic E-state index is 0.00678. The van der Waals surface area contributed by atoms with E-state index in [1.165, 1.54) is 17.1 Å². The maximum atomic E-state index is 12.9. The largest absolute Gasteiger partial charge is 0.416 e. The Morgan fingerprint density at radius 3 is 2.73 bits per heavy atom. The number of benzene rings is 1. The number of aromatic nitrogens is 3. The Balaban J connectivity index is 1.51. The second-order valence-electron chi connectivity index (χ2n) is 6.73. The van der Waals surface area contributed by atoms with Crippen molar-refractivity contribution in [3.63, 3.8) is 0 Å². The molecule has 7 nitrogen and oxygen atoms in total. The first-order valence-corrected chi connectivity index (χ1v) is 9.25. The molecule has 0 unspecified atom stereocenters. The number of hydrogen-bond acceptors (Lipinski definition) is 5. The Hall–Kier alpha value is -3.24. The minimum Gasteiger partial charge on any atom is -0.383 e. The van der Waals surface area contributed by atoms with Crippen molar-refractivity contribution < 1.29 is 17.9 Å². The van der Waals surface area contributed by atoms with Gasteiger partial charge in [0.1, 0.15) is 5.84 Å². The Morgan fingerprint density at radius 1 is 1.23 bits per heavy atom. The van der Waals surface area contributed by atoms with Crippen LogP contribution >= 0.6 is 0 Å². The standard InChI is InChI=1S/C20H19F3N6O/c21-20(22,23)15-5-6-26-18(9-15)29-12-14(10-27-29)19(24)28-16-3-1-13(2-4-16)17-11-25-7-8-30-17/h1-6,9-10,12,17,25H,7-8,11H2,(H2,24,28)/t17-/m1/s1. The third-order valence-corrected chi connectivity index (χ3v) is 4.63. The number of nitrogens with two attached hydrogens (primary N) is 1. The molecule has 0 bridgehead atoms. The summed E-state index contributed by atoms with van der Waals surface area (Å²) in [5.74, 6) is 0.228. The first kappa shape index (κ1) is 20.0. The average Bonchev–Trinajstić information content (AvgIpc) is 3.25. The van der Waals surface area contributed by atoms with Crippen molar-refractivity contribution in [1.29, 1.82) is 0 Å². The molecular formula is C20H19F3N6O. The van der Waals surface area contributed by atoms with Crippen LogP contribution in [-0.4, -0.2) is 40.3 Å². The van der Waals surface area contributed by atoms with Gasteiger partial charge in [-0.25, -0.2) is 14.7 Å². The molecule has 1 saturated heterocycles. The molecule has 0 radical (unpaired) electrons. The predicted molar refractivity (Wildman–Crippen MR) is 105 cm³/mol. The van der Waals surface area contributed by atoms with Crippen LogP contribution in [0.1, 0.15) is 22.8 Å². The molecular weight excluding hydrogens is 397 g/mol. The van der Waals surface area contributed by atoms with Crippen molar-refractivity contribution in [2.75, 3.05) is 19.7 Å². The summed E-state index contributed by atoms with van der Waals surface area (Å²) in [5.41, 5.74) is 7.42. The Labute approximate surface area is 170 Å². The van der Waals surface area contributed by atoms with Gasteiger partial charge in [-0.2, -0.15) is 18.3 Å². The van der Waals surface area contributed by atoms with E-state index in [9.17, 15) is 13.2 Å². The SMILES string of the molecule is NC(=Nc1ccc([C@H]2CNCCO2)cc1)c1cnn(-c2cc(C(F)(F)F)ccn2)c1. The smallest absolute Gasteiger partial charge is 0.383 e. The number of hydrogen-bond donors (Lipinski definition) is 2. The lowest BCUT2D eigenvalue weighted by Gasteiger charge is -2.23. The van der Waals surface area contributed by atoms with Crippen LogP contribution in [0.2, 0.25) is 0 Å². The van der Waals surface area contributed by atoms with Crippen molar-refractivity contribution >= 4 is 11.5 Å². The molecule has 1 aliphatic rings. The van der Waals surface area contributed by atoms with Gasteiger partial charge in [0.25, 0.3) is 0 Å². The van der Waals surface area contributed by atoms with Gasteiger partial charge < -0.3 is 15.8 Å². The van der Waals surface area contributed by atoms with E-state index in [0.29, 0.717) is 17.9 Å². The molecule has 0 spiro atoms. The van der Waals surface area contributed by atoms with E-state index in [1.807, 2.05) is 24.3 Å². The van der Waals surface area contributed by atoms with Gasteiger partial charge in [0, 0.05) is 25.5 Å². The second kappa shape index (κ2) is 8.25. The fourth-order valence-corrected chi connectivity index (χ4v) is 3.05. The predicted octanol–water partition coefficient (Wildman–Crippen LogP) is 2.98. The summed E-state index contributed by atoms with van der Waals surface area (Å²) in [6.07, 6.45) is -0.455. The molecule has 0 aliphatic carbocycles. The minimum atomic E-state index is -4.46. The summed E-state index contributed by atoms with van der Waals surface area (Å²) in [4.78, 5) is 8.30. The molecule has 2 aromatic heterocycles. The topological polar surface area (TPSA) is 90.4 Å². The maximum absolute atomic E-state index is 12.9. The summed E-state index contributed by atoms with van der Waals surface area (Å²) < 4.78 is 45.6. The lowest BCUT2D eigenvalue weighted by atomic mass is 10.1. The number of halogens is 3. The van der Waals surface area contributed by atoms with E-state index in [4.69, 9.17) is 10.5 Å². The fraction of sp³-hybridized carbons (Fsp3) is 0.250. The molecule has 3 heterocycles. The summed E-state index contributed by atoms with van der Waals surface area (Å²) >= 11 is 0. The van der Waals surface area contributed by atoms with Crippen LogP contribution in [0.25, 0.3) is 5.82 Å². The molecule has 1 aromatic carbocycles. The van der Waals surface area contributed by atoms with E-state index in [2.05, 4.69) is 20.4 Å². The van der Waals surface area contributed by atoms with E-state index in [-0.39, 0.29) is 17.8 Å². The zero-order valence-electron chi connectivity index (χ0n) is 15.8. The van der Waals surface area contributed by atoms with E-state index in [0.717, 1.165) is 37.0 Å². The quantitative estimate of drug-likeness (QED) is 0.504. The lowest BCUT2D eigenvalue weighted by molar-refractivity contribution is -0.137. The average molecular weight is 416 g/mol. The van der Waals surface area contributed by atoms with Crippen molar-refractivity contribution in [2.45, 2.75) is 12.3 Å². The fourth-order valence-electron chi connectivity index (χ4n) is 3.05. The first-order chi connectivity index (χ1) is 14.4. The van der Waals surface area contributed by atoms with Crippen molar-refractivity contribution in [3.05, 3.63) is 71.7 Å². The van der Waals surface area contributed by atoms with Crippen LogP contribution < -0.4 is 11.1 Å². The Morgan fingerprint density at radius 2 is 2.03 bits per heavy atom. The molecule has 1 aliphatic heterocycles. The third-order valence-electron chi connectivity index (χ3n) is 4.63. The number of alkyl halides is 3. The number of ether oxygens (including phenoxy) is 1. The number of morpholine rings is 1. The van der Waals surface area contributed by atoms with Crippen LogP contribution in [0, 0.1) is 0 Å². The molecule has 3 aromatic rings. The number of pyridine rings is 1. The first-order valence-electron chi connectivity index (χ1n) is 9.25. The van der Waals surface area contributed by atoms with Gasteiger partial charge in [0.15, 0.2) is 5.82 Å². The van der Waals surface area contributed by atoms with Crippen LogP contribution in [0.4, 0.5) is 18.9 Å². The highest BCUT2D eigenvalue weighted by Gasteiger charge is 2.31. The van der Waals surface area contributed by atoms with Crippen molar-refractivity contribution in [2.24, 2.45) is 10.7 Å². The molecule has 3 N–H and O–H groups in total. The van der Waals surface area contributed by atoms with Gasteiger partial charge in [-0.15, -0.1) is 0 Å². The molecule has 0 amide bonds. The van der Waals surface area contributed by atoms with Crippen molar-refractivity contribution in [1.82, 2.24) is 20.1 Å². The maximum Gasteiger partial charge on any atom is 0.416 e. The molecule has 1 atom stereocenters. The molecule has 4 rings (SSSR count). The number of nitrogens with one attached hydrogen (secondary N) is 1. The number of nitrogens with zero attached hydrogens (tertiary/aromatic N) is 4. The molecule has 10 heteroatoms. The van der Waals surface area contributed by atoms with Crippen LogP contribution in [0.3, 0.4) is 0 Å².